The van der Waals surface area contributed by atoms with Crippen LogP contribution in [0.1, 0.15) is 25.5 Å². The van der Waals surface area contributed by atoms with E-state index in [0.29, 0.717) is 16.5 Å². The van der Waals surface area contributed by atoms with Crippen LogP contribution < -0.4 is 5.32 Å². The summed E-state index contributed by atoms with van der Waals surface area (Å²) in [5, 5.41) is 14.1. The second-order valence-corrected chi connectivity index (χ2v) is 7.40. The van der Waals surface area contributed by atoms with Crippen molar-refractivity contribution in [3.63, 3.8) is 0 Å². The standard InChI is InChI=1S/C14H15ClN2O3S2/c1-8(2-5-13(19)20)16-12(18)6-9-7-21-14(17-9)10-3-4-11(15)22-10/h3-4,7-8H,2,5-6H2,1H3,(H,16,18)(H,19,20). The highest BCUT2D eigenvalue weighted by Gasteiger charge is 2.13. The van der Waals surface area contributed by atoms with Gasteiger partial charge in [-0.25, -0.2) is 4.98 Å². The van der Waals surface area contributed by atoms with Gasteiger partial charge in [0.15, 0.2) is 0 Å². The Labute approximate surface area is 141 Å². The van der Waals surface area contributed by atoms with E-state index >= 15 is 0 Å². The quantitative estimate of drug-likeness (QED) is 0.794. The van der Waals surface area contributed by atoms with Gasteiger partial charge in [0.25, 0.3) is 0 Å². The van der Waals surface area contributed by atoms with Gasteiger partial charge in [-0.1, -0.05) is 11.6 Å². The van der Waals surface area contributed by atoms with Crippen molar-refractivity contribution in [1.29, 1.82) is 0 Å². The Balaban J connectivity index is 1.87. The Kier molecular flexibility index (Phi) is 5.93. The number of carboxylic acids is 1. The first-order valence-electron chi connectivity index (χ1n) is 6.65. The van der Waals surface area contributed by atoms with E-state index in [1.165, 1.54) is 22.7 Å². The molecule has 22 heavy (non-hydrogen) atoms. The molecule has 0 aliphatic carbocycles. The van der Waals surface area contributed by atoms with Gasteiger partial charge in [-0.15, -0.1) is 22.7 Å². The van der Waals surface area contributed by atoms with Gasteiger partial charge in [0.1, 0.15) is 5.01 Å². The highest BCUT2D eigenvalue weighted by molar-refractivity contribution is 7.23. The number of carboxylic acid groups (broad SMARTS) is 1. The van der Waals surface area contributed by atoms with Gasteiger partial charge in [-0.3, -0.25) is 9.59 Å². The lowest BCUT2D eigenvalue weighted by molar-refractivity contribution is -0.137. The lowest BCUT2D eigenvalue weighted by Gasteiger charge is -2.11. The maximum absolute atomic E-state index is 11.9. The van der Waals surface area contributed by atoms with E-state index in [9.17, 15) is 9.59 Å². The third-order valence-electron chi connectivity index (χ3n) is 2.88. The first-order chi connectivity index (χ1) is 10.4. The second kappa shape index (κ2) is 7.71. The molecule has 0 saturated carbocycles. The third-order valence-corrected chi connectivity index (χ3v) is 5.17. The van der Waals surface area contributed by atoms with Crippen LogP contribution in [0, 0.1) is 0 Å². The molecule has 2 N–H and O–H groups in total. The molecule has 118 valence electrons. The largest absolute Gasteiger partial charge is 0.481 e. The van der Waals surface area contributed by atoms with Crippen LogP contribution in [0.5, 0.6) is 0 Å². The van der Waals surface area contributed by atoms with E-state index in [1.54, 1.807) is 6.92 Å². The number of halogens is 1. The summed E-state index contributed by atoms with van der Waals surface area (Å²) < 4.78 is 0.705. The zero-order chi connectivity index (χ0) is 16.1. The number of thiophene rings is 1. The van der Waals surface area contributed by atoms with Crippen LogP contribution in [0.15, 0.2) is 17.5 Å². The Hall–Kier alpha value is -1.44. The topological polar surface area (TPSA) is 79.3 Å². The summed E-state index contributed by atoms with van der Waals surface area (Å²) in [6.45, 7) is 1.79. The molecular weight excluding hydrogens is 344 g/mol. The molecule has 1 atom stereocenters. The molecule has 0 spiro atoms. The van der Waals surface area contributed by atoms with Gasteiger partial charge in [0, 0.05) is 17.8 Å². The van der Waals surface area contributed by atoms with E-state index in [2.05, 4.69) is 10.3 Å². The van der Waals surface area contributed by atoms with Gasteiger partial charge in [0.2, 0.25) is 5.91 Å². The van der Waals surface area contributed by atoms with Crippen molar-refractivity contribution in [3.05, 3.63) is 27.5 Å². The molecule has 8 heteroatoms. The summed E-state index contributed by atoms with van der Waals surface area (Å²) in [5.74, 6) is -1.01. The van der Waals surface area contributed by atoms with Crippen molar-refractivity contribution < 1.29 is 14.7 Å². The second-order valence-electron chi connectivity index (χ2n) is 4.83. The highest BCUT2D eigenvalue weighted by atomic mass is 35.5. The number of hydrogen-bond donors (Lipinski definition) is 2. The smallest absolute Gasteiger partial charge is 0.303 e. The average Bonchev–Trinajstić information content (AvgIpc) is 3.05. The van der Waals surface area contributed by atoms with Crippen LogP contribution >= 0.6 is 34.3 Å². The van der Waals surface area contributed by atoms with Gasteiger partial charge >= 0.3 is 5.97 Å². The SMILES string of the molecule is CC(CCC(=O)O)NC(=O)Cc1csc(-c2ccc(Cl)s2)n1. The van der Waals surface area contributed by atoms with Crippen molar-refractivity contribution in [1.82, 2.24) is 10.3 Å². The maximum Gasteiger partial charge on any atom is 0.303 e. The zero-order valence-corrected chi connectivity index (χ0v) is 14.2. The minimum absolute atomic E-state index is 0.0431. The number of amides is 1. The minimum Gasteiger partial charge on any atom is -0.481 e. The minimum atomic E-state index is -0.861. The Morgan fingerprint density at radius 3 is 2.86 bits per heavy atom. The molecule has 2 heterocycles. The summed E-state index contributed by atoms with van der Waals surface area (Å²) in [6.07, 6.45) is 0.644. The Morgan fingerprint density at radius 2 is 2.23 bits per heavy atom. The van der Waals surface area contributed by atoms with Crippen molar-refractivity contribution in [2.24, 2.45) is 0 Å². The zero-order valence-electron chi connectivity index (χ0n) is 11.8. The number of hydrogen-bond acceptors (Lipinski definition) is 5. The molecule has 2 rings (SSSR count). The molecule has 0 aromatic carbocycles. The lowest BCUT2D eigenvalue weighted by atomic mass is 10.2. The Morgan fingerprint density at radius 1 is 1.45 bits per heavy atom. The van der Waals surface area contributed by atoms with Crippen LogP contribution in [-0.2, 0) is 16.0 Å². The first-order valence-corrected chi connectivity index (χ1v) is 8.72. The molecule has 0 aliphatic heterocycles. The fourth-order valence-corrected chi connectivity index (χ4v) is 3.77. The molecule has 1 unspecified atom stereocenters. The predicted octanol–water partition coefficient (Wildman–Crippen LogP) is 3.44. The summed E-state index contributed by atoms with van der Waals surface area (Å²) in [4.78, 5) is 27.8. The van der Waals surface area contributed by atoms with Crippen molar-refractivity contribution in [2.45, 2.75) is 32.2 Å². The molecule has 0 saturated heterocycles. The molecule has 0 fully saturated rings. The van der Waals surface area contributed by atoms with Gasteiger partial charge in [-0.2, -0.15) is 0 Å². The Bertz CT molecular complexity index is 669. The lowest BCUT2D eigenvalue weighted by Crippen LogP contribution is -2.34. The van der Waals surface area contributed by atoms with Gasteiger partial charge in [-0.05, 0) is 25.5 Å². The fourth-order valence-electron chi connectivity index (χ4n) is 1.83. The molecule has 5 nitrogen and oxygen atoms in total. The predicted molar refractivity (Wildman–Crippen MR) is 88.6 cm³/mol. The summed E-state index contributed by atoms with van der Waals surface area (Å²) in [5.41, 5.74) is 0.701. The number of nitrogens with zero attached hydrogens (tertiary/aromatic N) is 1. The number of aromatic nitrogens is 1. The summed E-state index contributed by atoms with van der Waals surface area (Å²) in [7, 11) is 0. The van der Waals surface area contributed by atoms with E-state index < -0.39 is 5.97 Å². The first kappa shape index (κ1) is 16.9. The van der Waals surface area contributed by atoms with Crippen LogP contribution in [0.4, 0.5) is 0 Å². The molecule has 1 amide bonds. The van der Waals surface area contributed by atoms with Crippen LogP contribution in [-0.4, -0.2) is 28.0 Å². The number of thiazole rings is 1. The van der Waals surface area contributed by atoms with Crippen molar-refractivity contribution >= 4 is 46.2 Å². The third kappa shape index (κ3) is 5.08. The molecule has 0 radical (unpaired) electrons. The fraction of sp³-hybridized carbons (Fsp3) is 0.357. The normalized spacial score (nSPS) is 12.1. The van der Waals surface area contributed by atoms with Crippen LogP contribution in [0.25, 0.3) is 9.88 Å². The number of carbonyl (C=O) groups is 2. The number of nitrogens with one attached hydrogen (secondary N) is 1. The van der Waals surface area contributed by atoms with Crippen LogP contribution in [0.2, 0.25) is 4.34 Å². The van der Waals surface area contributed by atoms with Gasteiger partial charge < -0.3 is 10.4 Å². The highest BCUT2D eigenvalue weighted by Crippen LogP contribution is 2.32. The van der Waals surface area contributed by atoms with Gasteiger partial charge in [0.05, 0.1) is 21.3 Å². The monoisotopic (exact) mass is 358 g/mol. The molecule has 2 aromatic rings. The summed E-state index contributed by atoms with van der Waals surface area (Å²) >= 11 is 8.82. The van der Waals surface area contributed by atoms with E-state index in [0.717, 1.165) is 9.88 Å². The van der Waals surface area contributed by atoms with Crippen LogP contribution in [0.3, 0.4) is 0 Å². The van der Waals surface area contributed by atoms with Crippen molar-refractivity contribution in [3.8, 4) is 9.88 Å². The average molecular weight is 359 g/mol. The number of aliphatic carboxylic acids is 1. The summed E-state index contributed by atoms with van der Waals surface area (Å²) in [6, 6.07) is 3.56. The van der Waals surface area contributed by atoms with E-state index in [1.807, 2.05) is 17.5 Å². The number of carbonyl (C=O) groups excluding carboxylic acids is 1. The molecule has 0 aliphatic rings. The number of rotatable bonds is 7. The molecule has 2 aromatic heterocycles. The van der Waals surface area contributed by atoms with Crippen molar-refractivity contribution in [2.75, 3.05) is 0 Å². The molecular formula is C14H15ClN2O3S2. The van der Waals surface area contributed by atoms with E-state index in [4.69, 9.17) is 16.7 Å². The van der Waals surface area contributed by atoms with E-state index in [-0.39, 0.29) is 24.8 Å². The maximum atomic E-state index is 11.9. The molecule has 0 bridgehead atoms.